The van der Waals surface area contributed by atoms with E-state index in [-0.39, 0.29) is 17.8 Å². The minimum Gasteiger partial charge on any atom is -0.497 e. The molecule has 2 aromatic rings. The van der Waals surface area contributed by atoms with Crippen molar-refractivity contribution in [2.45, 2.75) is 6.42 Å². The molecular formula is C15H12FNO4. The molecule has 108 valence electrons. The van der Waals surface area contributed by atoms with Gasteiger partial charge in [-0.1, -0.05) is 12.1 Å². The molecule has 0 bridgehead atoms. The van der Waals surface area contributed by atoms with Gasteiger partial charge in [-0.25, -0.2) is 4.39 Å². The second kappa shape index (κ2) is 6.13. The number of nitrogens with zero attached hydrogens (tertiary/aromatic N) is 1. The minimum atomic E-state index is -0.803. The lowest BCUT2D eigenvalue weighted by Crippen LogP contribution is -2.05. The predicted molar refractivity (Wildman–Crippen MR) is 74.1 cm³/mol. The van der Waals surface area contributed by atoms with Crippen LogP contribution in [-0.2, 0) is 6.42 Å². The third kappa shape index (κ3) is 3.62. The average molecular weight is 289 g/mol. The molecule has 0 spiro atoms. The van der Waals surface area contributed by atoms with Gasteiger partial charge in [0.1, 0.15) is 11.6 Å². The first-order valence-electron chi connectivity index (χ1n) is 6.10. The highest BCUT2D eigenvalue weighted by Crippen LogP contribution is 2.19. The monoisotopic (exact) mass is 289 g/mol. The number of ketones is 1. The third-order valence-electron chi connectivity index (χ3n) is 2.94. The summed E-state index contributed by atoms with van der Waals surface area (Å²) in [5.41, 5.74) is 0.262. The minimum absolute atomic E-state index is 0.0162. The zero-order valence-corrected chi connectivity index (χ0v) is 11.2. The number of hydrogen-bond acceptors (Lipinski definition) is 4. The fraction of sp³-hybridized carbons (Fsp3) is 0.133. The zero-order chi connectivity index (χ0) is 15.4. The Bertz CT molecular complexity index is 683. The van der Waals surface area contributed by atoms with E-state index in [1.54, 1.807) is 24.3 Å². The van der Waals surface area contributed by atoms with Crippen molar-refractivity contribution in [2.75, 3.05) is 7.11 Å². The van der Waals surface area contributed by atoms with E-state index >= 15 is 0 Å². The van der Waals surface area contributed by atoms with Crippen molar-refractivity contribution >= 4 is 11.5 Å². The molecule has 5 nitrogen and oxygen atoms in total. The fourth-order valence-corrected chi connectivity index (χ4v) is 1.87. The Morgan fingerprint density at radius 3 is 2.48 bits per heavy atom. The highest BCUT2D eigenvalue weighted by molar-refractivity contribution is 5.98. The molecule has 0 aromatic heterocycles. The number of hydrogen-bond donors (Lipinski definition) is 0. The van der Waals surface area contributed by atoms with Crippen molar-refractivity contribution in [3.05, 3.63) is 69.5 Å². The molecule has 0 amide bonds. The van der Waals surface area contributed by atoms with Crippen LogP contribution in [0.5, 0.6) is 5.75 Å². The Kier molecular flexibility index (Phi) is 4.27. The zero-order valence-electron chi connectivity index (χ0n) is 11.2. The molecule has 0 aliphatic rings. The maximum atomic E-state index is 13.3. The maximum Gasteiger partial charge on any atom is 0.273 e. The SMILES string of the molecule is COc1ccc(CC(=O)c2cc(F)cc([N+](=O)[O-])c2)cc1. The Labute approximate surface area is 120 Å². The van der Waals surface area contributed by atoms with E-state index in [1.807, 2.05) is 0 Å². The number of nitro benzene ring substituents is 1. The van der Waals surface area contributed by atoms with Crippen molar-refractivity contribution in [1.29, 1.82) is 0 Å². The molecule has 0 atom stereocenters. The first kappa shape index (κ1) is 14.6. The largest absolute Gasteiger partial charge is 0.497 e. The van der Waals surface area contributed by atoms with Crippen LogP contribution in [0.1, 0.15) is 15.9 Å². The molecule has 0 fully saturated rings. The maximum absolute atomic E-state index is 13.3. The molecule has 0 radical (unpaired) electrons. The van der Waals surface area contributed by atoms with Gasteiger partial charge in [0.15, 0.2) is 5.78 Å². The summed E-state index contributed by atoms with van der Waals surface area (Å²) in [6.45, 7) is 0. The van der Waals surface area contributed by atoms with E-state index in [0.29, 0.717) is 11.3 Å². The molecular weight excluding hydrogens is 277 g/mol. The summed E-state index contributed by atoms with van der Waals surface area (Å²) in [7, 11) is 1.53. The van der Waals surface area contributed by atoms with Crippen molar-refractivity contribution in [2.24, 2.45) is 0 Å². The second-order valence-electron chi connectivity index (χ2n) is 4.40. The normalized spacial score (nSPS) is 10.2. The summed E-state index contributed by atoms with van der Waals surface area (Å²) >= 11 is 0. The van der Waals surface area contributed by atoms with Gasteiger partial charge in [-0.05, 0) is 23.8 Å². The predicted octanol–water partition coefficient (Wildman–Crippen LogP) is 3.17. The van der Waals surface area contributed by atoms with E-state index in [1.165, 1.54) is 7.11 Å². The van der Waals surface area contributed by atoms with Crippen LogP contribution in [0, 0.1) is 15.9 Å². The van der Waals surface area contributed by atoms with Crippen LogP contribution in [0.15, 0.2) is 42.5 Å². The number of carbonyl (C=O) groups is 1. The molecule has 2 rings (SSSR count). The molecule has 0 unspecified atom stereocenters. The standard InChI is InChI=1S/C15H12FNO4/c1-21-14-4-2-10(3-5-14)6-15(18)11-7-12(16)9-13(8-11)17(19)20/h2-5,7-9H,6H2,1H3. The number of rotatable bonds is 5. The van der Waals surface area contributed by atoms with Crippen molar-refractivity contribution in [1.82, 2.24) is 0 Å². The van der Waals surface area contributed by atoms with E-state index in [2.05, 4.69) is 0 Å². The lowest BCUT2D eigenvalue weighted by atomic mass is 10.0. The number of nitro groups is 1. The molecule has 6 heteroatoms. The van der Waals surface area contributed by atoms with Gasteiger partial charge in [0.25, 0.3) is 5.69 Å². The van der Waals surface area contributed by atoms with Gasteiger partial charge in [-0.3, -0.25) is 14.9 Å². The third-order valence-corrected chi connectivity index (χ3v) is 2.94. The molecule has 0 saturated carbocycles. The van der Waals surface area contributed by atoms with Crippen LogP contribution in [0.25, 0.3) is 0 Å². The first-order valence-corrected chi connectivity index (χ1v) is 6.10. The Morgan fingerprint density at radius 1 is 1.24 bits per heavy atom. The number of ether oxygens (including phenoxy) is 1. The van der Waals surface area contributed by atoms with Crippen LogP contribution in [0.4, 0.5) is 10.1 Å². The topological polar surface area (TPSA) is 69.4 Å². The Balaban J connectivity index is 2.21. The van der Waals surface area contributed by atoms with E-state index in [4.69, 9.17) is 4.74 Å². The van der Waals surface area contributed by atoms with Crippen LogP contribution in [0.3, 0.4) is 0 Å². The van der Waals surface area contributed by atoms with Gasteiger partial charge in [0, 0.05) is 18.1 Å². The van der Waals surface area contributed by atoms with Crippen LogP contribution in [-0.4, -0.2) is 17.8 Å². The molecule has 0 aliphatic heterocycles. The van der Waals surface area contributed by atoms with Gasteiger partial charge in [-0.15, -0.1) is 0 Å². The molecule has 0 saturated heterocycles. The molecule has 0 aliphatic carbocycles. The summed E-state index contributed by atoms with van der Waals surface area (Å²) in [6.07, 6.45) is 0.0323. The number of halogens is 1. The Morgan fingerprint density at radius 2 is 1.90 bits per heavy atom. The van der Waals surface area contributed by atoms with Gasteiger partial charge in [0.2, 0.25) is 0 Å². The van der Waals surface area contributed by atoms with Crippen LogP contribution < -0.4 is 4.74 Å². The highest BCUT2D eigenvalue weighted by Gasteiger charge is 2.15. The first-order chi connectivity index (χ1) is 9.99. The number of non-ortho nitro benzene ring substituents is 1. The van der Waals surface area contributed by atoms with Crippen LogP contribution >= 0.6 is 0 Å². The lowest BCUT2D eigenvalue weighted by Gasteiger charge is -2.04. The number of benzene rings is 2. The fourth-order valence-electron chi connectivity index (χ4n) is 1.87. The summed E-state index contributed by atoms with van der Waals surface area (Å²) < 4.78 is 18.3. The van der Waals surface area contributed by atoms with Gasteiger partial charge < -0.3 is 4.74 Å². The molecule has 0 heterocycles. The van der Waals surface area contributed by atoms with Gasteiger partial charge >= 0.3 is 0 Å². The van der Waals surface area contributed by atoms with Crippen molar-refractivity contribution in [3.8, 4) is 5.75 Å². The van der Waals surface area contributed by atoms with Crippen molar-refractivity contribution in [3.63, 3.8) is 0 Å². The quantitative estimate of drug-likeness (QED) is 0.481. The summed E-state index contributed by atoms with van der Waals surface area (Å²) in [5.74, 6) is -0.530. The summed E-state index contributed by atoms with van der Waals surface area (Å²) in [6, 6.07) is 9.69. The number of carbonyl (C=O) groups excluding carboxylic acids is 1. The Hall–Kier alpha value is -2.76. The molecule has 2 aromatic carbocycles. The van der Waals surface area contributed by atoms with E-state index in [0.717, 1.165) is 18.2 Å². The smallest absolute Gasteiger partial charge is 0.273 e. The second-order valence-corrected chi connectivity index (χ2v) is 4.40. The van der Waals surface area contributed by atoms with Gasteiger partial charge in [-0.2, -0.15) is 0 Å². The molecule has 21 heavy (non-hydrogen) atoms. The number of methoxy groups -OCH3 is 1. The van der Waals surface area contributed by atoms with E-state index < -0.39 is 16.4 Å². The van der Waals surface area contributed by atoms with Crippen molar-refractivity contribution < 1.29 is 18.8 Å². The van der Waals surface area contributed by atoms with Gasteiger partial charge in [0.05, 0.1) is 18.1 Å². The number of Topliss-reactive ketones (excluding diaryl/α,β-unsaturated/α-hetero) is 1. The average Bonchev–Trinajstić information content (AvgIpc) is 2.47. The van der Waals surface area contributed by atoms with E-state index in [9.17, 15) is 19.3 Å². The highest BCUT2D eigenvalue weighted by atomic mass is 19.1. The molecule has 0 N–H and O–H groups in total. The summed E-state index contributed by atoms with van der Waals surface area (Å²) in [4.78, 5) is 22.0. The summed E-state index contributed by atoms with van der Waals surface area (Å²) in [5, 5.41) is 10.7. The van der Waals surface area contributed by atoms with Crippen LogP contribution in [0.2, 0.25) is 0 Å². The lowest BCUT2D eigenvalue weighted by molar-refractivity contribution is -0.385.